The number of H-pyrrole nitrogens is 2. The number of nitrogens with one attached hydrogen (secondary N) is 2. The number of hydrogen-bond acceptors (Lipinski definition) is 3. The molecule has 6 heteroatoms. The van der Waals surface area contributed by atoms with E-state index in [-0.39, 0.29) is 6.61 Å². The number of aryl methyl sites for hydroxylation is 1. The third-order valence-electron chi connectivity index (χ3n) is 2.70. The first-order valence-electron chi connectivity index (χ1n) is 5.80. The predicted molar refractivity (Wildman–Crippen MR) is 70.4 cm³/mol. The van der Waals surface area contributed by atoms with Gasteiger partial charge in [0.05, 0.1) is 5.69 Å². The lowest BCUT2D eigenvalue weighted by Gasteiger charge is -2.07. The van der Waals surface area contributed by atoms with Crippen molar-refractivity contribution in [3.63, 3.8) is 0 Å². The smallest absolute Gasteiger partial charge is 0.348 e. The van der Waals surface area contributed by atoms with E-state index in [1.54, 1.807) is 18.2 Å². The van der Waals surface area contributed by atoms with E-state index in [1.807, 2.05) is 6.92 Å². The van der Waals surface area contributed by atoms with Gasteiger partial charge in [-0.1, -0.05) is 18.8 Å². The summed E-state index contributed by atoms with van der Waals surface area (Å²) in [5, 5.41) is 13.2. The van der Waals surface area contributed by atoms with Crippen LogP contribution < -0.4 is 11.4 Å². The second kappa shape index (κ2) is 5.42. The van der Waals surface area contributed by atoms with Gasteiger partial charge in [0.25, 0.3) is 0 Å². The summed E-state index contributed by atoms with van der Waals surface area (Å²) in [5.74, 6) is 5.35. The molecule has 19 heavy (non-hydrogen) atoms. The minimum atomic E-state index is -0.506. The second-order valence-corrected chi connectivity index (χ2v) is 3.85. The Balaban J connectivity index is 2.60. The molecule has 1 aromatic heterocycles. The van der Waals surface area contributed by atoms with Gasteiger partial charge in [-0.2, -0.15) is 0 Å². The molecule has 1 heterocycles. The van der Waals surface area contributed by atoms with Gasteiger partial charge >= 0.3 is 11.4 Å². The first-order valence-corrected chi connectivity index (χ1v) is 5.80. The average molecular weight is 259 g/mol. The van der Waals surface area contributed by atoms with Crippen molar-refractivity contribution < 1.29 is 5.11 Å². The molecule has 2 rings (SSSR count). The van der Waals surface area contributed by atoms with Gasteiger partial charge in [-0.05, 0) is 30.2 Å². The molecule has 0 radical (unpaired) electrons. The molecule has 0 aliphatic heterocycles. The highest BCUT2D eigenvalue weighted by Crippen LogP contribution is 2.14. The largest absolute Gasteiger partial charge is 0.384 e. The minimum Gasteiger partial charge on any atom is -0.384 e. The molecular weight excluding hydrogens is 246 g/mol. The average Bonchev–Trinajstić information content (AvgIpc) is 2.75. The molecule has 0 spiro atoms. The molecule has 3 N–H and O–H groups in total. The van der Waals surface area contributed by atoms with E-state index < -0.39 is 11.4 Å². The number of nitrogens with zero attached hydrogens (tertiary/aromatic N) is 1. The van der Waals surface area contributed by atoms with Crippen LogP contribution >= 0.6 is 0 Å². The fourth-order valence-corrected chi connectivity index (χ4v) is 1.84. The molecule has 0 aliphatic carbocycles. The second-order valence-electron chi connectivity index (χ2n) is 3.85. The number of rotatable bonds is 2. The van der Waals surface area contributed by atoms with Crippen LogP contribution in [-0.4, -0.2) is 26.5 Å². The molecule has 1 aromatic carbocycles. The quantitative estimate of drug-likeness (QED) is 0.650. The standard InChI is InChI=1S/C13H13N3O3/c1-2-10-8-9(4-3-7-17)5-6-11(10)16-12(18)14-15-13(16)19/h5-6,8,17H,2,7H2,1H3,(H,14,18)(H,15,19). The van der Waals surface area contributed by atoms with E-state index in [9.17, 15) is 9.59 Å². The number of benzene rings is 1. The molecule has 0 atom stereocenters. The summed E-state index contributed by atoms with van der Waals surface area (Å²) in [4.78, 5) is 23.2. The van der Waals surface area contributed by atoms with Crippen molar-refractivity contribution >= 4 is 0 Å². The van der Waals surface area contributed by atoms with Gasteiger partial charge in [0.2, 0.25) is 0 Å². The summed E-state index contributed by atoms with van der Waals surface area (Å²) in [7, 11) is 0. The van der Waals surface area contributed by atoms with E-state index in [0.29, 0.717) is 12.1 Å². The Bertz CT molecular complexity index is 728. The molecule has 0 aliphatic rings. The highest BCUT2D eigenvalue weighted by Gasteiger charge is 2.10. The van der Waals surface area contributed by atoms with Crippen LogP contribution in [0.25, 0.3) is 5.69 Å². The van der Waals surface area contributed by atoms with Crippen LogP contribution in [0.3, 0.4) is 0 Å². The number of aromatic amines is 2. The molecule has 0 amide bonds. The third-order valence-corrected chi connectivity index (χ3v) is 2.70. The molecule has 98 valence electrons. The first-order chi connectivity index (χ1) is 9.17. The molecule has 0 unspecified atom stereocenters. The maximum atomic E-state index is 11.6. The zero-order valence-corrected chi connectivity index (χ0v) is 10.4. The Morgan fingerprint density at radius 2 is 1.95 bits per heavy atom. The fourth-order valence-electron chi connectivity index (χ4n) is 1.84. The lowest BCUT2D eigenvalue weighted by Crippen LogP contribution is -2.25. The van der Waals surface area contributed by atoms with Crippen LogP contribution in [0.1, 0.15) is 18.1 Å². The van der Waals surface area contributed by atoms with E-state index in [0.717, 1.165) is 15.7 Å². The minimum absolute atomic E-state index is 0.208. The molecular formula is C13H13N3O3. The zero-order valence-electron chi connectivity index (χ0n) is 10.4. The van der Waals surface area contributed by atoms with E-state index in [2.05, 4.69) is 22.0 Å². The van der Waals surface area contributed by atoms with Crippen LogP contribution in [0, 0.1) is 11.8 Å². The number of aromatic nitrogens is 3. The summed E-state index contributed by atoms with van der Waals surface area (Å²) in [5.41, 5.74) is 1.08. The topological polar surface area (TPSA) is 90.9 Å². The normalized spacial score (nSPS) is 10.0. The van der Waals surface area contributed by atoms with Crippen molar-refractivity contribution in [2.45, 2.75) is 13.3 Å². The third kappa shape index (κ3) is 2.51. The van der Waals surface area contributed by atoms with E-state index in [1.165, 1.54) is 0 Å². The summed E-state index contributed by atoms with van der Waals surface area (Å²) >= 11 is 0. The van der Waals surface area contributed by atoms with Gasteiger partial charge in [0.15, 0.2) is 0 Å². The van der Waals surface area contributed by atoms with Crippen LogP contribution in [0.5, 0.6) is 0 Å². The van der Waals surface area contributed by atoms with Crippen molar-refractivity contribution in [3.05, 3.63) is 50.3 Å². The van der Waals surface area contributed by atoms with Crippen molar-refractivity contribution in [3.8, 4) is 17.5 Å². The van der Waals surface area contributed by atoms with Gasteiger partial charge in [-0.3, -0.25) is 0 Å². The maximum absolute atomic E-state index is 11.6. The monoisotopic (exact) mass is 259 g/mol. The summed E-state index contributed by atoms with van der Waals surface area (Å²) in [6.07, 6.45) is 0.654. The Hall–Kier alpha value is -2.52. The number of hydrogen-bond donors (Lipinski definition) is 3. The first kappa shape index (κ1) is 12.9. The van der Waals surface area contributed by atoms with E-state index >= 15 is 0 Å². The Morgan fingerprint density at radius 1 is 1.26 bits per heavy atom. The van der Waals surface area contributed by atoms with Crippen LogP contribution in [0.4, 0.5) is 0 Å². The summed E-state index contributed by atoms with van der Waals surface area (Å²) in [6, 6.07) is 5.18. The fraction of sp³-hybridized carbons (Fsp3) is 0.231. The van der Waals surface area contributed by atoms with Gasteiger partial charge in [0.1, 0.15) is 6.61 Å². The SMILES string of the molecule is CCc1cc(C#CCO)ccc1-n1c(=O)[nH][nH]c1=O. The number of aliphatic hydroxyl groups is 1. The molecule has 0 fully saturated rings. The predicted octanol–water partition coefficient (Wildman–Crippen LogP) is -0.240. The van der Waals surface area contributed by atoms with Gasteiger partial charge in [0, 0.05) is 5.56 Å². The van der Waals surface area contributed by atoms with Crippen molar-refractivity contribution in [1.82, 2.24) is 14.8 Å². The highest BCUT2D eigenvalue weighted by atomic mass is 16.2. The van der Waals surface area contributed by atoms with Crippen molar-refractivity contribution in [2.24, 2.45) is 0 Å². The lowest BCUT2D eigenvalue weighted by molar-refractivity contribution is 0.350. The van der Waals surface area contributed by atoms with Crippen LogP contribution in [-0.2, 0) is 6.42 Å². The van der Waals surface area contributed by atoms with Crippen molar-refractivity contribution in [2.75, 3.05) is 6.61 Å². The van der Waals surface area contributed by atoms with Gasteiger partial charge in [-0.15, -0.1) is 0 Å². The van der Waals surface area contributed by atoms with Crippen LogP contribution in [0.15, 0.2) is 27.8 Å². The summed E-state index contributed by atoms with van der Waals surface area (Å²) < 4.78 is 1.04. The van der Waals surface area contributed by atoms with Gasteiger partial charge < -0.3 is 5.11 Å². The zero-order chi connectivity index (χ0) is 13.8. The molecule has 0 saturated heterocycles. The molecule has 0 saturated carbocycles. The highest BCUT2D eigenvalue weighted by molar-refractivity contribution is 5.48. The Morgan fingerprint density at radius 3 is 2.53 bits per heavy atom. The maximum Gasteiger partial charge on any atom is 0.348 e. The Labute approximate surface area is 108 Å². The molecule has 6 nitrogen and oxygen atoms in total. The van der Waals surface area contributed by atoms with E-state index in [4.69, 9.17) is 5.11 Å². The molecule has 0 bridgehead atoms. The lowest BCUT2D eigenvalue weighted by atomic mass is 10.1. The Kier molecular flexibility index (Phi) is 3.68. The van der Waals surface area contributed by atoms with Gasteiger partial charge in [-0.25, -0.2) is 24.4 Å². The van der Waals surface area contributed by atoms with Crippen LogP contribution in [0.2, 0.25) is 0 Å². The number of aliphatic hydroxyl groups excluding tert-OH is 1. The summed E-state index contributed by atoms with van der Waals surface area (Å²) in [6.45, 7) is 1.72. The van der Waals surface area contributed by atoms with Crippen molar-refractivity contribution in [1.29, 1.82) is 0 Å². The molecule has 2 aromatic rings.